The minimum atomic E-state index is 0.339. The summed E-state index contributed by atoms with van der Waals surface area (Å²) in [5.74, 6) is 1.81. The molecule has 0 aromatic carbocycles. The number of aliphatic imine (C=N–C) groups is 1. The van der Waals surface area contributed by atoms with E-state index in [1.54, 1.807) is 24.2 Å². The molecule has 0 unspecified atom stereocenters. The fraction of sp³-hybridized carbons (Fsp3) is 0.688. The van der Waals surface area contributed by atoms with Crippen LogP contribution in [0.25, 0.3) is 0 Å². The van der Waals surface area contributed by atoms with E-state index in [2.05, 4.69) is 30.7 Å². The lowest BCUT2D eigenvalue weighted by molar-refractivity contribution is 0.194. The zero-order chi connectivity index (χ0) is 14.2. The van der Waals surface area contributed by atoms with Gasteiger partial charge in [0.05, 0.1) is 0 Å². The number of thioether (sulfide) groups is 1. The van der Waals surface area contributed by atoms with Crippen LogP contribution in [0.1, 0.15) is 40.0 Å². The minimum absolute atomic E-state index is 0.339. The average molecular weight is 289 g/mol. The smallest absolute Gasteiger partial charge is 0.187 e. The van der Waals surface area contributed by atoms with Crippen LogP contribution in [0, 0.1) is 16.7 Å². The Kier molecular flexibility index (Phi) is 3.61. The summed E-state index contributed by atoms with van der Waals surface area (Å²) in [6.07, 6.45) is 7.50. The second-order valence-corrected chi connectivity index (χ2v) is 7.76. The molecule has 0 spiro atoms. The molecule has 108 valence electrons. The molecule has 0 aliphatic heterocycles. The van der Waals surface area contributed by atoms with Crippen molar-refractivity contribution in [3.8, 4) is 0 Å². The standard InChI is InChI=1S/C16H23N3S/c1-15(2)12-5-6-16(15,3)13(11-12)17-9-10-20-14-18-7-4-8-19-14/h4,7-8,12H,5-6,9-11H2,1-3H3/t12-,16+/m1/s1. The summed E-state index contributed by atoms with van der Waals surface area (Å²) in [7, 11) is 0. The largest absolute Gasteiger partial charge is 0.293 e. The van der Waals surface area contributed by atoms with Crippen LogP contribution < -0.4 is 0 Å². The SMILES string of the molecule is CC1(C)[C@@H]2CC[C@@]1(C)C(=NCCSc1ncccn1)C2. The molecule has 0 saturated heterocycles. The van der Waals surface area contributed by atoms with E-state index in [0.717, 1.165) is 23.4 Å². The molecule has 2 aliphatic rings. The highest BCUT2D eigenvalue weighted by Gasteiger charge is 2.59. The van der Waals surface area contributed by atoms with Crippen molar-refractivity contribution in [3.63, 3.8) is 0 Å². The molecule has 3 rings (SSSR count). The molecule has 0 amide bonds. The monoisotopic (exact) mass is 289 g/mol. The molecular weight excluding hydrogens is 266 g/mol. The molecule has 4 heteroatoms. The molecule has 20 heavy (non-hydrogen) atoms. The molecule has 1 heterocycles. The molecule has 2 saturated carbocycles. The maximum absolute atomic E-state index is 4.93. The summed E-state index contributed by atoms with van der Waals surface area (Å²) in [4.78, 5) is 13.4. The van der Waals surface area contributed by atoms with Gasteiger partial charge in [-0.3, -0.25) is 4.99 Å². The average Bonchev–Trinajstić information content (AvgIpc) is 2.78. The van der Waals surface area contributed by atoms with Crippen LogP contribution in [0.2, 0.25) is 0 Å². The van der Waals surface area contributed by atoms with E-state index in [-0.39, 0.29) is 0 Å². The van der Waals surface area contributed by atoms with Crippen molar-refractivity contribution >= 4 is 17.5 Å². The molecule has 0 radical (unpaired) electrons. The molecule has 2 fully saturated rings. The van der Waals surface area contributed by atoms with Crippen LogP contribution in [-0.2, 0) is 0 Å². The van der Waals surface area contributed by atoms with Crippen molar-refractivity contribution in [1.82, 2.24) is 9.97 Å². The van der Waals surface area contributed by atoms with Gasteiger partial charge in [0.1, 0.15) is 0 Å². The van der Waals surface area contributed by atoms with Crippen LogP contribution >= 0.6 is 11.8 Å². The quantitative estimate of drug-likeness (QED) is 0.480. The predicted molar refractivity (Wildman–Crippen MR) is 84.3 cm³/mol. The van der Waals surface area contributed by atoms with Gasteiger partial charge < -0.3 is 0 Å². The Morgan fingerprint density at radius 2 is 2.05 bits per heavy atom. The van der Waals surface area contributed by atoms with Crippen molar-refractivity contribution in [2.75, 3.05) is 12.3 Å². The number of nitrogens with zero attached hydrogens (tertiary/aromatic N) is 3. The van der Waals surface area contributed by atoms with Crippen molar-refractivity contribution < 1.29 is 0 Å². The predicted octanol–water partition coefficient (Wildman–Crippen LogP) is 3.86. The number of hydrogen-bond donors (Lipinski definition) is 0. The maximum Gasteiger partial charge on any atom is 0.187 e. The van der Waals surface area contributed by atoms with Gasteiger partial charge in [-0.25, -0.2) is 9.97 Å². The van der Waals surface area contributed by atoms with Crippen molar-refractivity contribution in [2.24, 2.45) is 21.7 Å². The second-order valence-electron chi connectivity index (χ2n) is 6.70. The third kappa shape index (κ3) is 2.18. The van der Waals surface area contributed by atoms with Crippen LogP contribution in [0.3, 0.4) is 0 Å². The summed E-state index contributed by atoms with van der Waals surface area (Å²) in [5.41, 5.74) is 2.24. The molecule has 0 N–H and O–H groups in total. The van der Waals surface area contributed by atoms with E-state index in [0.29, 0.717) is 10.8 Å². The second kappa shape index (κ2) is 5.14. The molecule has 1 aromatic rings. The van der Waals surface area contributed by atoms with Crippen molar-refractivity contribution in [2.45, 2.75) is 45.2 Å². The number of fused-ring (bicyclic) bond motifs is 2. The van der Waals surface area contributed by atoms with Gasteiger partial charge in [0.25, 0.3) is 0 Å². The van der Waals surface area contributed by atoms with E-state index in [1.807, 2.05) is 6.07 Å². The molecule has 2 aliphatic carbocycles. The van der Waals surface area contributed by atoms with Gasteiger partial charge in [0, 0.05) is 35.8 Å². The summed E-state index contributed by atoms with van der Waals surface area (Å²) in [6.45, 7) is 8.17. The summed E-state index contributed by atoms with van der Waals surface area (Å²) in [5, 5.41) is 0.854. The highest BCUT2D eigenvalue weighted by molar-refractivity contribution is 7.99. The lowest BCUT2D eigenvalue weighted by Crippen LogP contribution is -2.32. The Bertz CT molecular complexity index is 512. The number of aromatic nitrogens is 2. The third-order valence-corrected chi connectivity index (χ3v) is 6.54. The van der Waals surface area contributed by atoms with E-state index in [1.165, 1.54) is 25.0 Å². The Hall–Kier alpha value is -0.900. The molecular formula is C16H23N3S. The van der Waals surface area contributed by atoms with Crippen LogP contribution in [-0.4, -0.2) is 28.0 Å². The number of rotatable bonds is 4. The van der Waals surface area contributed by atoms with Gasteiger partial charge in [0.2, 0.25) is 0 Å². The van der Waals surface area contributed by atoms with Gasteiger partial charge in [-0.15, -0.1) is 0 Å². The Morgan fingerprint density at radius 3 is 2.65 bits per heavy atom. The first kappa shape index (κ1) is 14.1. The van der Waals surface area contributed by atoms with E-state index in [4.69, 9.17) is 4.99 Å². The lowest BCUT2D eigenvalue weighted by Gasteiger charge is -2.34. The van der Waals surface area contributed by atoms with Gasteiger partial charge in [-0.1, -0.05) is 32.5 Å². The maximum atomic E-state index is 4.93. The number of hydrogen-bond acceptors (Lipinski definition) is 4. The zero-order valence-corrected chi connectivity index (χ0v) is 13.4. The highest BCUT2D eigenvalue weighted by Crippen LogP contribution is 2.63. The van der Waals surface area contributed by atoms with Gasteiger partial charge in [0.15, 0.2) is 5.16 Å². The zero-order valence-electron chi connectivity index (χ0n) is 12.6. The molecule has 3 nitrogen and oxygen atoms in total. The Morgan fingerprint density at radius 1 is 1.30 bits per heavy atom. The first-order valence-corrected chi connectivity index (χ1v) is 8.46. The summed E-state index contributed by atoms with van der Waals surface area (Å²) in [6, 6.07) is 1.85. The van der Waals surface area contributed by atoms with Crippen LogP contribution in [0.4, 0.5) is 0 Å². The summed E-state index contributed by atoms with van der Waals surface area (Å²) < 4.78 is 0. The minimum Gasteiger partial charge on any atom is -0.293 e. The van der Waals surface area contributed by atoms with Gasteiger partial charge in [-0.05, 0) is 36.7 Å². The van der Waals surface area contributed by atoms with E-state index >= 15 is 0 Å². The molecule has 1 aromatic heterocycles. The summed E-state index contributed by atoms with van der Waals surface area (Å²) >= 11 is 1.69. The van der Waals surface area contributed by atoms with Crippen molar-refractivity contribution in [1.29, 1.82) is 0 Å². The lowest BCUT2D eigenvalue weighted by atomic mass is 9.70. The van der Waals surface area contributed by atoms with Crippen molar-refractivity contribution in [3.05, 3.63) is 18.5 Å². The van der Waals surface area contributed by atoms with Crippen LogP contribution in [0.15, 0.2) is 28.6 Å². The Labute approximate surface area is 125 Å². The van der Waals surface area contributed by atoms with Gasteiger partial charge in [-0.2, -0.15) is 0 Å². The molecule has 2 atom stereocenters. The van der Waals surface area contributed by atoms with Gasteiger partial charge >= 0.3 is 0 Å². The van der Waals surface area contributed by atoms with Crippen LogP contribution in [0.5, 0.6) is 0 Å². The first-order valence-electron chi connectivity index (χ1n) is 7.48. The van der Waals surface area contributed by atoms with E-state index in [9.17, 15) is 0 Å². The molecule has 2 bridgehead atoms. The normalized spacial score (nSPS) is 33.0. The first-order chi connectivity index (χ1) is 9.54. The van der Waals surface area contributed by atoms with E-state index < -0.39 is 0 Å². The fourth-order valence-corrected chi connectivity index (χ4v) is 4.48. The Balaban J connectivity index is 1.58. The third-order valence-electron chi connectivity index (χ3n) is 5.68. The topological polar surface area (TPSA) is 38.1 Å². The fourth-order valence-electron chi connectivity index (χ4n) is 3.85. The highest BCUT2D eigenvalue weighted by atomic mass is 32.2.